The number of carbonyl (C=O) groups is 2. The smallest absolute Gasteiger partial charge is 0.335 e. The van der Waals surface area contributed by atoms with Crippen molar-refractivity contribution in [2.75, 3.05) is 5.32 Å². The van der Waals surface area contributed by atoms with E-state index in [1.807, 2.05) is 42.5 Å². The van der Waals surface area contributed by atoms with Crippen molar-refractivity contribution in [2.45, 2.75) is 6.54 Å². The van der Waals surface area contributed by atoms with E-state index >= 15 is 0 Å². The number of aromatic carboxylic acids is 2. The number of hydrogen-bond acceptors (Lipinski definition) is 5. The first-order valence-electron chi connectivity index (χ1n) is 11.9. The Labute approximate surface area is 218 Å². The summed E-state index contributed by atoms with van der Waals surface area (Å²) in [7, 11) is 0. The molecule has 0 atom stereocenters. The zero-order valence-electron chi connectivity index (χ0n) is 20.3. The Morgan fingerprint density at radius 3 is 1.92 bits per heavy atom. The lowest BCUT2D eigenvalue weighted by Gasteiger charge is -2.13. The van der Waals surface area contributed by atoms with Gasteiger partial charge in [-0.1, -0.05) is 67.3 Å². The van der Waals surface area contributed by atoms with Gasteiger partial charge in [0.2, 0.25) is 0 Å². The molecule has 0 saturated heterocycles. The first-order chi connectivity index (χ1) is 18.4. The van der Waals surface area contributed by atoms with Gasteiger partial charge in [-0.25, -0.2) is 19.6 Å². The molecule has 0 aliphatic heterocycles. The second-order valence-corrected chi connectivity index (χ2v) is 8.69. The number of aromatic nitrogens is 2. The molecule has 38 heavy (non-hydrogen) atoms. The van der Waals surface area contributed by atoms with Gasteiger partial charge in [-0.3, -0.25) is 0 Å². The maximum atomic E-state index is 11.3. The standard InChI is InChI=1S/C31H23N3O4/c1-2-19-3-7-21(8-4-19)25-15-16-26-27(17-25)33-28(22-11-13-24(14-12-22)31(37)38)34-29(26)32-18-20-5-9-23(10-6-20)30(35)36/h2-17H,1,18H2,(H,35,36)(H,37,38)(H,32,33,34). The highest BCUT2D eigenvalue weighted by atomic mass is 16.4. The van der Waals surface area contributed by atoms with Crippen molar-refractivity contribution in [1.82, 2.24) is 9.97 Å². The van der Waals surface area contributed by atoms with E-state index in [4.69, 9.17) is 15.1 Å². The van der Waals surface area contributed by atoms with Crippen molar-refractivity contribution in [3.8, 4) is 22.5 Å². The average molecular weight is 502 g/mol. The van der Waals surface area contributed by atoms with Gasteiger partial charge in [0.1, 0.15) is 5.82 Å². The second kappa shape index (κ2) is 10.4. The summed E-state index contributed by atoms with van der Waals surface area (Å²) in [5.74, 6) is -0.903. The number of fused-ring (bicyclic) bond motifs is 1. The van der Waals surface area contributed by atoms with Gasteiger partial charge in [-0.2, -0.15) is 0 Å². The van der Waals surface area contributed by atoms with E-state index < -0.39 is 11.9 Å². The highest BCUT2D eigenvalue weighted by Crippen LogP contribution is 2.30. The molecular formula is C31H23N3O4. The molecule has 186 valence electrons. The Bertz CT molecular complexity index is 1660. The molecule has 0 aliphatic rings. The van der Waals surface area contributed by atoms with Crippen LogP contribution in [-0.2, 0) is 6.54 Å². The number of carboxylic acid groups (broad SMARTS) is 2. The number of rotatable bonds is 8. The van der Waals surface area contributed by atoms with Crippen LogP contribution in [0.1, 0.15) is 31.8 Å². The average Bonchev–Trinajstić information content (AvgIpc) is 2.95. The van der Waals surface area contributed by atoms with Crippen molar-refractivity contribution in [3.05, 3.63) is 120 Å². The van der Waals surface area contributed by atoms with Crippen molar-refractivity contribution >= 4 is 34.7 Å². The molecule has 0 saturated carbocycles. The molecule has 5 aromatic rings. The molecule has 3 N–H and O–H groups in total. The van der Waals surface area contributed by atoms with E-state index in [1.165, 1.54) is 12.1 Å². The Hall–Kier alpha value is -5.30. The van der Waals surface area contributed by atoms with Crippen LogP contribution in [0.2, 0.25) is 0 Å². The van der Waals surface area contributed by atoms with Gasteiger partial charge in [-0.05, 0) is 58.7 Å². The number of hydrogen-bond donors (Lipinski definition) is 3. The minimum absolute atomic E-state index is 0.183. The Morgan fingerprint density at radius 1 is 0.737 bits per heavy atom. The first kappa shape index (κ1) is 24.4. The number of nitrogens with zero attached hydrogens (tertiary/aromatic N) is 2. The van der Waals surface area contributed by atoms with Crippen LogP contribution < -0.4 is 5.32 Å². The molecule has 7 nitrogen and oxygen atoms in total. The van der Waals surface area contributed by atoms with E-state index in [0.29, 0.717) is 23.8 Å². The Kier molecular flexibility index (Phi) is 6.65. The maximum absolute atomic E-state index is 11.3. The largest absolute Gasteiger partial charge is 0.478 e. The third-order valence-corrected chi connectivity index (χ3v) is 6.23. The van der Waals surface area contributed by atoms with Crippen molar-refractivity contribution in [1.29, 1.82) is 0 Å². The van der Waals surface area contributed by atoms with Crippen LogP contribution in [0.5, 0.6) is 0 Å². The first-order valence-corrected chi connectivity index (χ1v) is 11.9. The van der Waals surface area contributed by atoms with Gasteiger partial charge in [0.15, 0.2) is 5.82 Å². The SMILES string of the molecule is C=Cc1ccc(-c2ccc3c(NCc4ccc(C(=O)O)cc4)nc(-c4ccc(C(=O)O)cc4)nc3c2)cc1. The summed E-state index contributed by atoms with van der Waals surface area (Å²) < 4.78 is 0. The summed E-state index contributed by atoms with van der Waals surface area (Å²) in [6, 6.07) is 27.2. The van der Waals surface area contributed by atoms with E-state index in [0.717, 1.165) is 33.2 Å². The summed E-state index contributed by atoms with van der Waals surface area (Å²) in [6.45, 7) is 4.23. The highest BCUT2D eigenvalue weighted by molar-refractivity contribution is 5.94. The topological polar surface area (TPSA) is 112 Å². The molecule has 5 rings (SSSR count). The van der Waals surface area contributed by atoms with Crippen molar-refractivity contribution < 1.29 is 19.8 Å². The number of benzene rings is 4. The van der Waals surface area contributed by atoms with Gasteiger partial charge >= 0.3 is 11.9 Å². The van der Waals surface area contributed by atoms with E-state index in [9.17, 15) is 14.7 Å². The molecule has 0 spiro atoms. The summed E-state index contributed by atoms with van der Waals surface area (Å²) in [5, 5.41) is 22.6. The van der Waals surface area contributed by atoms with Gasteiger partial charge in [0.05, 0.1) is 16.6 Å². The molecule has 0 unspecified atom stereocenters. The molecule has 0 fully saturated rings. The summed E-state index contributed by atoms with van der Waals surface area (Å²) >= 11 is 0. The molecule has 0 radical (unpaired) electrons. The molecular weight excluding hydrogens is 478 g/mol. The summed E-state index contributed by atoms with van der Waals surface area (Å²) in [6.07, 6.45) is 1.80. The normalized spacial score (nSPS) is 10.7. The molecule has 7 heteroatoms. The van der Waals surface area contributed by atoms with E-state index in [2.05, 4.69) is 11.9 Å². The van der Waals surface area contributed by atoms with Crippen LogP contribution in [0.3, 0.4) is 0 Å². The summed E-state index contributed by atoms with van der Waals surface area (Å²) in [5.41, 5.74) is 5.79. The van der Waals surface area contributed by atoms with Crippen LogP contribution in [0.25, 0.3) is 39.5 Å². The molecule has 0 amide bonds. The van der Waals surface area contributed by atoms with Gasteiger partial charge in [0.25, 0.3) is 0 Å². The zero-order valence-corrected chi connectivity index (χ0v) is 20.3. The monoisotopic (exact) mass is 501 g/mol. The van der Waals surface area contributed by atoms with Crippen LogP contribution in [0.15, 0.2) is 97.6 Å². The number of anilines is 1. The lowest BCUT2D eigenvalue weighted by Crippen LogP contribution is -2.05. The Balaban J connectivity index is 1.55. The van der Waals surface area contributed by atoms with Crippen LogP contribution in [-0.4, -0.2) is 32.1 Å². The lowest BCUT2D eigenvalue weighted by atomic mass is 10.0. The molecule has 1 aromatic heterocycles. The quantitative estimate of drug-likeness (QED) is 0.219. The number of carboxylic acids is 2. The number of nitrogens with one attached hydrogen (secondary N) is 1. The van der Waals surface area contributed by atoms with Crippen LogP contribution in [0, 0.1) is 0 Å². The van der Waals surface area contributed by atoms with Crippen molar-refractivity contribution in [3.63, 3.8) is 0 Å². The minimum atomic E-state index is -1.00. The van der Waals surface area contributed by atoms with Gasteiger partial charge in [-0.15, -0.1) is 0 Å². The lowest BCUT2D eigenvalue weighted by molar-refractivity contribution is 0.0686. The minimum Gasteiger partial charge on any atom is -0.478 e. The molecule has 4 aromatic carbocycles. The third kappa shape index (κ3) is 5.12. The molecule has 1 heterocycles. The molecule has 0 bridgehead atoms. The van der Waals surface area contributed by atoms with Crippen LogP contribution in [0.4, 0.5) is 5.82 Å². The second-order valence-electron chi connectivity index (χ2n) is 8.69. The van der Waals surface area contributed by atoms with E-state index in [1.54, 1.807) is 42.5 Å². The fraction of sp³-hybridized carbons (Fsp3) is 0.0323. The zero-order chi connectivity index (χ0) is 26.6. The summed E-state index contributed by atoms with van der Waals surface area (Å²) in [4.78, 5) is 32.0. The van der Waals surface area contributed by atoms with Crippen molar-refractivity contribution in [2.24, 2.45) is 0 Å². The fourth-order valence-electron chi connectivity index (χ4n) is 4.10. The van der Waals surface area contributed by atoms with Crippen LogP contribution >= 0.6 is 0 Å². The maximum Gasteiger partial charge on any atom is 0.335 e. The predicted octanol–water partition coefficient (Wildman–Crippen LogP) is 6.62. The fourth-order valence-corrected chi connectivity index (χ4v) is 4.10. The van der Waals surface area contributed by atoms with Gasteiger partial charge in [0, 0.05) is 17.5 Å². The van der Waals surface area contributed by atoms with E-state index in [-0.39, 0.29) is 11.1 Å². The predicted molar refractivity (Wildman–Crippen MR) is 148 cm³/mol. The van der Waals surface area contributed by atoms with Gasteiger partial charge < -0.3 is 15.5 Å². The molecule has 0 aliphatic carbocycles. The highest BCUT2D eigenvalue weighted by Gasteiger charge is 2.12. The third-order valence-electron chi connectivity index (χ3n) is 6.23. The Morgan fingerprint density at radius 2 is 1.32 bits per heavy atom.